The van der Waals surface area contributed by atoms with Gasteiger partial charge in [0.1, 0.15) is 5.69 Å². The Hall–Kier alpha value is -3.46. The fourth-order valence-electron chi connectivity index (χ4n) is 2.67. The number of ether oxygens (including phenoxy) is 1. The highest BCUT2D eigenvalue weighted by Crippen LogP contribution is 2.25. The molecule has 0 bridgehead atoms. The Balaban J connectivity index is 2.00. The van der Waals surface area contributed by atoms with Gasteiger partial charge in [0, 0.05) is 31.0 Å². The van der Waals surface area contributed by atoms with E-state index in [9.17, 15) is 19.7 Å². The van der Waals surface area contributed by atoms with E-state index < -0.39 is 10.8 Å². The molecule has 0 spiro atoms. The topological polar surface area (TPSA) is 123 Å². The van der Waals surface area contributed by atoms with E-state index in [0.29, 0.717) is 18.8 Å². The molecule has 3 N–H and O–H groups in total. The van der Waals surface area contributed by atoms with Crippen LogP contribution in [0.5, 0.6) is 0 Å². The summed E-state index contributed by atoms with van der Waals surface area (Å²) >= 11 is 0. The molecule has 29 heavy (non-hydrogen) atoms. The highest BCUT2D eigenvalue weighted by molar-refractivity contribution is 6.00. The van der Waals surface area contributed by atoms with Gasteiger partial charge < -0.3 is 20.7 Å². The third-order valence-electron chi connectivity index (χ3n) is 4.16. The molecule has 0 unspecified atom stereocenters. The number of nitrogens with zero attached hydrogens (tertiary/aromatic N) is 1. The van der Waals surface area contributed by atoms with Crippen LogP contribution in [0.25, 0.3) is 0 Å². The molecule has 9 heteroatoms. The Morgan fingerprint density at radius 2 is 1.90 bits per heavy atom. The minimum Gasteiger partial charge on any atom is -0.383 e. The van der Waals surface area contributed by atoms with Crippen LogP contribution in [0.3, 0.4) is 0 Å². The summed E-state index contributed by atoms with van der Waals surface area (Å²) in [6, 6.07) is 11.5. The molecule has 0 saturated heterocycles. The maximum atomic E-state index is 12.3. The predicted molar refractivity (Wildman–Crippen MR) is 110 cm³/mol. The molecule has 0 radical (unpaired) electrons. The van der Waals surface area contributed by atoms with Crippen LogP contribution in [0.4, 0.5) is 17.1 Å². The van der Waals surface area contributed by atoms with Crippen molar-refractivity contribution >= 4 is 28.9 Å². The predicted octanol–water partition coefficient (Wildman–Crippen LogP) is 2.58. The number of benzene rings is 2. The zero-order chi connectivity index (χ0) is 21.2. The standard InChI is InChI=1S/C20H24N4O5/c1-3-14-6-4-5-7-16(14)23-19(25)13-22-20(26)15-8-9-17(21-10-11-29-2)18(12-15)24(27)28/h4-9,12,21H,3,10-11,13H2,1-2H3,(H,22,26)(H,23,25). The number of methoxy groups -OCH3 is 1. The Labute approximate surface area is 168 Å². The third kappa shape index (κ3) is 6.28. The lowest BCUT2D eigenvalue weighted by Crippen LogP contribution is -2.33. The number of hydrogen-bond donors (Lipinski definition) is 3. The quantitative estimate of drug-likeness (QED) is 0.320. The van der Waals surface area contributed by atoms with Gasteiger partial charge in [-0.15, -0.1) is 0 Å². The normalized spacial score (nSPS) is 10.3. The van der Waals surface area contributed by atoms with Crippen molar-refractivity contribution in [3.8, 4) is 0 Å². The second kappa shape index (κ2) is 10.8. The van der Waals surface area contributed by atoms with Gasteiger partial charge in [0.25, 0.3) is 11.6 Å². The van der Waals surface area contributed by atoms with Crippen molar-refractivity contribution in [2.45, 2.75) is 13.3 Å². The number of aryl methyl sites for hydroxylation is 1. The number of nitrogens with one attached hydrogen (secondary N) is 3. The SMILES string of the molecule is CCc1ccccc1NC(=O)CNC(=O)c1ccc(NCCOC)c([N+](=O)[O-])c1. The van der Waals surface area contributed by atoms with E-state index in [1.165, 1.54) is 25.3 Å². The molecule has 0 fully saturated rings. The molecule has 0 heterocycles. The fourth-order valence-corrected chi connectivity index (χ4v) is 2.67. The zero-order valence-corrected chi connectivity index (χ0v) is 16.4. The van der Waals surface area contributed by atoms with Crippen LogP contribution in [0.1, 0.15) is 22.8 Å². The van der Waals surface area contributed by atoms with E-state index in [4.69, 9.17) is 4.74 Å². The second-order valence-corrected chi connectivity index (χ2v) is 6.15. The van der Waals surface area contributed by atoms with Crippen LogP contribution in [0.15, 0.2) is 42.5 Å². The number of amides is 2. The molecule has 9 nitrogen and oxygen atoms in total. The molecule has 2 aromatic carbocycles. The molecule has 2 rings (SSSR count). The summed E-state index contributed by atoms with van der Waals surface area (Å²) in [5, 5.41) is 19.4. The van der Waals surface area contributed by atoms with Gasteiger partial charge in [0.05, 0.1) is 18.1 Å². The van der Waals surface area contributed by atoms with Crippen molar-refractivity contribution in [1.29, 1.82) is 0 Å². The van der Waals surface area contributed by atoms with E-state index in [2.05, 4.69) is 16.0 Å². The first kappa shape index (κ1) is 21.8. The Morgan fingerprint density at radius 3 is 2.59 bits per heavy atom. The molecule has 0 aliphatic carbocycles. The van der Waals surface area contributed by atoms with Gasteiger partial charge in [0.15, 0.2) is 0 Å². The van der Waals surface area contributed by atoms with E-state index in [0.717, 1.165) is 12.0 Å². The molecule has 0 aliphatic rings. The summed E-state index contributed by atoms with van der Waals surface area (Å²) < 4.78 is 4.90. The average molecular weight is 400 g/mol. The second-order valence-electron chi connectivity index (χ2n) is 6.15. The van der Waals surface area contributed by atoms with Crippen LogP contribution in [-0.2, 0) is 16.0 Å². The fraction of sp³-hybridized carbons (Fsp3) is 0.300. The highest BCUT2D eigenvalue weighted by atomic mass is 16.6. The first-order chi connectivity index (χ1) is 14.0. The van der Waals surface area contributed by atoms with Gasteiger partial charge >= 0.3 is 0 Å². The van der Waals surface area contributed by atoms with Crippen LogP contribution in [0.2, 0.25) is 0 Å². The first-order valence-electron chi connectivity index (χ1n) is 9.13. The lowest BCUT2D eigenvalue weighted by molar-refractivity contribution is -0.384. The van der Waals surface area contributed by atoms with Gasteiger partial charge in [-0.3, -0.25) is 19.7 Å². The van der Waals surface area contributed by atoms with Gasteiger partial charge in [0.2, 0.25) is 5.91 Å². The third-order valence-corrected chi connectivity index (χ3v) is 4.16. The number of anilines is 2. The monoisotopic (exact) mass is 400 g/mol. The molecule has 0 atom stereocenters. The molecular formula is C20H24N4O5. The zero-order valence-electron chi connectivity index (χ0n) is 16.4. The van der Waals surface area contributed by atoms with E-state index in [-0.39, 0.29) is 29.4 Å². The number of nitro benzene ring substituents is 1. The summed E-state index contributed by atoms with van der Waals surface area (Å²) in [6.45, 7) is 2.50. The van der Waals surface area contributed by atoms with Crippen molar-refractivity contribution in [1.82, 2.24) is 5.32 Å². The number of nitro groups is 1. The molecule has 154 valence electrons. The highest BCUT2D eigenvalue weighted by Gasteiger charge is 2.18. The average Bonchev–Trinajstić information content (AvgIpc) is 2.72. The Bertz CT molecular complexity index is 885. The lowest BCUT2D eigenvalue weighted by Gasteiger charge is -2.11. The van der Waals surface area contributed by atoms with E-state index >= 15 is 0 Å². The van der Waals surface area contributed by atoms with Crippen LogP contribution < -0.4 is 16.0 Å². The number of para-hydroxylation sites is 1. The van der Waals surface area contributed by atoms with Crippen LogP contribution >= 0.6 is 0 Å². The first-order valence-corrected chi connectivity index (χ1v) is 9.13. The van der Waals surface area contributed by atoms with Gasteiger partial charge in [-0.25, -0.2) is 0 Å². The summed E-state index contributed by atoms with van der Waals surface area (Å²) in [4.78, 5) is 35.2. The summed E-state index contributed by atoms with van der Waals surface area (Å²) in [5.41, 5.74) is 1.83. The van der Waals surface area contributed by atoms with E-state index in [1.54, 1.807) is 6.07 Å². The number of rotatable bonds is 10. The minimum absolute atomic E-state index is 0.0933. The van der Waals surface area contributed by atoms with Crippen molar-refractivity contribution < 1.29 is 19.2 Å². The van der Waals surface area contributed by atoms with Gasteiger partial charge in [-0.1, -0.05) is 25.1 Å². The maximum Gasteiger partial charge on any atom is 0.293 e. The maximum absolute atomic E-state index is 12.3. The van der Waals surface area contributed by atoms with Gasteiger partial charge in [-0.2, -0.15) is 0 Å². The number of carbonyl (C=O) groups excluding carboxylic acids is 2. The van der Waals surface area contributed by atoms with E-state index in [1.807, 2.05) is 25.1 Å². The Kier molecular flexibility index (Phi) is 8.11. The van der Waals surface area contributed by atoms with Crippen LogP contribution in [0, 0.1) is 10.1 Å². The molecular weight excluding hydrogens is 376 g/mol. The number of carbonyl (C=O) groups is 2. The van der Waals surface area contributed by atoms with Gasteiger partial charge in [-0.05, 0) is 30.2 Å². The molecule has 2 aromatic rings. The largest absolute Gasteiger partial charge is 0.383 e. The molecule has 0 aliphatic heterocycles. The summed E-state index contributed by atoms with van der Waals surface area (Å²) in [7, 11) is 1.53. The summed E-state index contributed by atoms with van der Waals surface area (Å²) in [6.07, 6.45) is 0.761. The van der Waals surface area contributed by atoms with Crippen LogP contribution in [-0.4, -0.2) is 43.5 Å². The lowest BCUT2D eigenvalue weighted by atomic mass is 10.1. The summed E-state index contributed by atoms with van der Waals surface area (Å²) in [5.74, 6) is -0.956. The molecule has 0 saturated carbocycles. The Morgan fingerprint density at radius 1 is 1.14 bits per heavy atom. The number of hydrogen-bond acceptors (Lipinski definition) is 6. The minimum atomic E-state index is -0.574. The van der Waals surface area contributed by atoms with Crippen molar-refractivity contribution in [2.75, 3.05) is 37.4 Å². The van der Waals surface area contributed by atoms with Crippen molar-refractivity contribution in [2.24, 2.45) is 0 Å². The molecule has 2 amide bonds. The smallest absolute Gasteiger partial charge is 0.293 e. The molecule has 0 aromatic heterocycles. The van der Waals surface area contributed by atoms with Crippen molar-refractivity contribution in [3.05, 3.63) is 63.7 Å². The van der Waals surface area contributed by atoms with Crippen molar-refractivity contribution in [3.63, 3.8) is 0 Å².